The molecule has 1 aliphatic rings. The summed E-state index contributed by atoms with van der Waals surface area (Å²) in [7, 11) is 0. The molecule has 1 aromatic carbocycles. The molecule has 110 valence electrons. The van der Waals surface area contributed by atoms with Gasteiger partial charge in [0.15, 0.2) is 0 Å². The average molecular weight is 287 g/mol. The number of fused-ring (bicyclic) bond motifs is 1. The van der Waals surface area contributed by atoms with E-state index in [0.29, 0.717) is 11.3 Å². The summed E-state index contributed by atoms with van der Waals surface area (Å²) in [5.41, 5.74) is 0.582. The fourth-order valence-corrected chi connectivity index (χ4v) is 2.14. The minimum Gasteiger partial charge on any atom is -0.457 e. The zero-order valence-corrected chi connectivity index (χ0v) is 12.5. The van der Waals surface area contributed by atoms with Crippen LogP contribution in [0, 0.1) is 0 Å². The Kier molecular flexibility index (Phi) is 3.68. The van der Waals surface area contributed by atoms with Crippen LogP contribution in [0.3, 0.4) is 0 Å². The molecule has 0 aromatic heterocycles. The lowest BCUT2D eigenvalue weighted by Gasteiger charge is -2.18. The van der Waals surface area contributed by atoms with Crippen LogP contribution in [0.25, 0.3) is 5.57 Å². The molecule has 0 unspecified atom stereocenters. The normalized spacial score (nSPS) is 16.1. The smallest absolute Gasteiger partial charge is 0.332 e. The molecule has 0 fully saturated rings. The minimum absolute atomic E-state index is 0.176. The fraction of sp³-hybridized carbons (Fsp3) is 0.312. The first-order valence-corrected chi connectivity index (χ1v) is 6.60. The van der Waals surface area contributed by atoms with E-state index in [0.717, 1.165) is 11.0 Å². The summed E-state index contributed by atoms with van der Waals surface area (Å²) in [6.45, 7) is 6.55. The van der Waals surface area contributed by atoms with Crippen LogP contribution in [0.5, 0.6) is 0 Å². The second kappa shape index (κ2) is 5.16. The Morgan fingerprint density at radius 3 is 2.38 bits per heavy atom. The highest BCUT2D eigenvalue weighted by molar-refractivity contribution is 6.40. The fourth-order valence-electron chi connectivity index (χ4n) is 2.14. The van der Waals surface area contributed by atoms with Gasteiger partial charge in [0.25, 0.3) is 5.91 Å². The Morgan fingerprint density at radius 1 is 1.19 bits per heavy atom. The predicted molar refractivity (Wildman–Crippen MR) is 78.4 cm³/mol. The molecule has 1 heterocycles. The number of benzene rings is 1. The molecule has 2 rings (SSSR count). The van der Waals surface area contributed by atoms with Gasteiger partial charge in [-0.15, -0.1) is 0 Å². The van der Waals surface area contributed by atoms with Crippen molar-refractivity contribution in [3.8, 4) is 0 Å². The van der Waals surface area contributed by atoms with Gasteiger partial charge in [-0.25, -0.2) is 9.69 Å². The molecular formula is C16H17NO4. The first-order chi connectivity index (χ1) is 9.70. The number of anilines is 1. The van der Waals surface area contributed by atoms with Crippen molar-refractivity contribution in [3.63, 3.8) is 0 Å². The third kappa shape index (κ3) is 3.02. The largest absolute Gasteiger partial charge is 0.457 e. The van der Waals surface area contributed by atoms with Gasteiger partial charge in [-0.2, -0.15) is 0 Å². The SMILES string of the molecule is CC(=O)N1C(=O)C(=CC(=O)OC(C)(C)C)c2ccccc21. The van der Waals surface area contributed by atoms with E-state index in [4.69, 9.17) is 4.74 Å². The zero-order chi connectivity index (χ0) is 15.8. The zero-order valence-electron chi connectivity index (χ0n) is 12.5. The van der Waals surface area contributed by atoms with Crippen molar-refractivity contribution >= 4 is 29.0 Å². The number of carbonyl (C=O) groups excluding carboxylic acids is 3. The Labute approximate surface area is 123 Å². The van der Waals surface area contributed by atoms with Crippen molar-refractivity contribution in [2.24, 2.45) is 0 Å². The molecule has 0 saturated carbocycles. The molecule has 0 atom stereocenters. The van der Waals surface area contributed by atoms with Crippen LogP contribution in [0.4, 0.5) is 5.69 Å². The third-order valence-corrected chi connectivity index (χ3v) is 2.85. The van der Waals surface area contributed by atoms with Gasteiger partial charge in [0.05, 0.1) is 11.3 Å². The lowest BCUT2D eigenvalue weighted by molar-refractivity contribution is -0.148. The molecule has 0 bridgehead atoms. The highest BCUT2D eigenvalue weighted by Crippen LogP contribution is 2.36. The number of carbonyl (C=O) groups is 3. The quantitative estimate of drug-likeness (QED) is 0.587. The number of nitrogens with zero attached hydrogens (tertiary/aromatic N) is 1. The number of hydrogen-bond acceptors (Lipinski definition) is 4. The summed E-state index contributed by atoms with van der Waals surface area (Å²) in [4.78, 5) is 36.9. The Hall–Kier alpha value is -2.43. The highest BCUT2D eigenvalue weighted by atomic mass is 16.6. The van der Waals surface area contributed by atoms with Crippen LogP contribution in [-0.2, 0) is 19.1 Å². The summed E-state index contributed by atoms with van der Waals surface area (Å²) >= 11 is 0. The van der Waals surface area contributed by atoms with Crippen molar-refractivity contribution < 1.29 is 19.1 Å². The molecule has 0 saturated heterocycles. The van der Waals surface area contributed by atoms with E-state index in [2.05, 4.69) is 0 Å². The van der Waals surface area contributed by atoms with Crippen LogP contribution >= 0.6 is 0 Å². The van der Waals surface area contributed by atoms with Gasteiger partial charge in [0.2, 0.25) is 5.91 Å². The molecule has 0 aliphatic carbocycles. The van der Waals surface area contributed by atoms with E-state index >= 15 is 0 Å². The van der Waals surface area contributed by atoms with Gasteiger partial charge in [-0.3, -0.25) is 9.59 Å². The van der Waals surface area contributed by atoms with Crippen LogP contribution in [-0.4, -0.2) is 23.4 Å². The van der Waals surface area contributed by atoms with E-state index in [1.165, 1.54) is 6.92 Å². The Balaban J connectivity index is 2.44. The number of hydrogen-bond donors (Lipinski definition) is 0. The van der Waals surface area contributed by atoms with Crippen LogP contribution in [0.2, 0.25) is 0 Å². The lowest BCUT2D eigenvalue weighted by Crippen LogP contribution is -2.31. The first-order valence-electron chi connectivity index (χ1n) is 6.60. The number of esters is 1. The summed E-state index contributed by atoms with van der Waals surface area (Å²) in [5, 5.41) is 0. The van der Waals surface area contributed by atoms with Crippen molar-refractivity contribution in [2.45, 2.75) is 33.3 Å². The van der Waals surface area contributed by atoms with Crippen molar-refractivity contribution in [1.29, 1.82) is 0 Å². The monoisotopic (exact) mass is 287 g/mol. The van der Waals surface area contributed by atoms with Gasteiger partial charge in [0, 0.05) is 18.6 Å². The van der Waals surface area contributed by atoms with Crippen LogP contribution in [0.1, 0.15) is 33.3 Å². The van der Waals surface area contributed by atoms with Crippen molar-refractivity contribution in [2.75, 3.05) is 4.90 Å². The standard InChI is InChI=1S/C16H17NO4/c1-10(18)17-13-8-6-5-7-11(13)12(15(17)20)9-14(19)21-16(2,3)4/h5-9H,1-4H3. The maximum Gasteiger partial charge on any atom is 0.332 e. The molecule has 21 heavy (non-hydrogen) atoms. The highest BCUT2D eigenvalue weighted by Gasteiger charge is 2.35. The predicted octanol–water partition coefficient (Wildman–Crippen LogP) is 2.30. The van der Waals surface area contributed by atoms with Gasteiger partial charge in [-0.05, 0) is 26.8 Å². The summed E-state index contributed by atoms with van der Waals surface area (Å²) in [5.74, 6) is -1.50. The lowest BCUT2D eigenvalue weighted by atomic mass is 10.1. The second-order valence-electron chi connectivity index (χ2n) is 5.77. The van der Waals surface area contributed by atoms with E-state index in [1.807, 2.05) is 0 Å². The van der Waals surface area contributed by atoms with E-state index in [9.17, 15) is 14.4 Å². The number of amides is 2. The minimum atomic E-state index is -0.643. The first kappa shape index (κ1) is 15.0. The molecule has 1 aliphatic heterocycles. The third-order valence-electron chi connectivity index (χ3n) is 2.85. The van der Waals surface area contributed by atoms with Gasteiger partial charge >= 0.3 is 5.97 Å². The summed E-state index contributed by atoms with van der Waals surface area (Å²) in [6, 6.07) is 6.86. The Bertz CT molecular complexity index is 652. The molecule has 1 aromatic rings. The Morgan fingerprint density at radius 2 is 1.81 bits per heavy atom. The van der Waals surface area contributed by atoms with Crippen molar-refractivity contribution in [3.05, 3.63) is 35.9 Å². The molecule has 0 radical (unpaired) electrons. The van der Waals surface area contributed by atoms with Crippen LogP contribution < -0.4 is 4.90 Å². The number of para-hydroxylation sites is 1. The molecule has 5 heteroatoms. The number of rotatable bonds is 1. The second-order valence-corrected chi connectivity index (χ2v) is 5.77. The molecular weight excluding hydrogens is 270 g/mol. The summed E-state index contributed by atoms with van der Waals surface area (Å²) < 4.78 is 5.19. The van der Waals surface area contributed by atoms with E-state index in [-0.39, 0.29) is 11.5 Å². The van der Waals surface area contributed by atoms with Crippen molar-refractivity contribution in [1.82, 2.24) is 0 Å². The number of imide groups is 1. The molecule has 0 N–H and O–H groups in total. The van der Waals surface area contributed by atoms with Crippen LogP contribution in [0.15, 0.2) is 30.3 Å². The topological polar surface area (TPSA) is 63.7 Å². The molecule has 5 nitrogen and oxygen atoms in total. The van der Waals surface area contributed by atoms with Gasteiger partial charge in [-0.1, -0.05) is 18.2 Å². The van der Waals surface area contributed by atoms with E-state index < -0.39 is 17.5 Å². The van der Waals surface area contributed by atoms with E-state index in [1.54, 1.807) is 45.0 Å². The molecule has 0 spiro atoms. The number of ether oxygens (including phenoxy) is 1. The average Bonchev–Trinajstić information content (AvgIpc) is 2.60. The van der Waals surface area contributed by atoms with Gasteiger partial charge < -0.3 is 4.74 Å². The maximum atomic E-state index is 12.3. The summed E-state index contributed by atoms with van der Waals surface area (Å²) in [6.07, 6.45) is 1.15. The van der Waals surface area contributed by atoms with Gasteiger partial charge in [0.1, 0.15) is 5.60 Å². The maximum absolute atomic E-state index is 12.3. The molecule has 2 amide bonds.